The first kappa shape index (κ1) is 15.5. The predicted octanol–water partition coefficient (Wildman–Crippen LogP) is 1.44. The highest BCUT2D eigenvalue weighted by Crippen LogP contribution is 2.21. The average molecular weight is 286 g/mol. The number of benzene rings is 1. The van der Waals surface area contributed by atoms with E-state index >= 15 is 0 Å². The molecule has 1 amide bonds. The normalized spacial score (nSPS) is 13.6. The van der Waals surface area contributed by atoms with Crippen molar-refractivity contribution >= 4 is 23.5 Å². The number of aliphatic hydroxyl groups is 1. The zero-order valence-electron chi connectivity index (χ0n) is 10.5. The number of amides is 1. The molecule has 0 saturated heterocycles. The highest BCUT2D eigenvalue weighted by Gasteiger charge is 2.43. The maximum absolute atomic E-state index is 11.8. The summed E-state index contributed by atoms with van der Waals surface area (Å²) in [4.78, 5) is 23.9. The average Bonchev–Trinajstić information content (AvgIpc) is 2.44. The molecule has 0 heterocycles. The Balaban J connectivity index is 3.08. The van der Waals surface area contributed by atoms with Crippen LogP contribution in [-0.2, 0) is 16.1 Å². The molecule has 5 nitrogen and oxygen atoms in total. The summed E-state index contributed by atoms with van der Waals surface area (Å²) in [6, 6.07) is 8.83. The monoisotopic (exact) mass is 285 g/mol. The Labute approximate surface area is 116 Å². The minimum atomic E-state index is -2.25. The summed E-state index contributed by atoms with van der Waals surface area (Å²) in [5.41, 5.74) is -1.53. The first-order valence-electron chi connectivity index (χ1n) is 5.81. The highest BCUT2D eigenvalue weighted by atomic mass is 35.5. The lowest BCUT2D eigenvalue weighted by molar-refractivity contribution is -0.190. The number of aliphatic carboxylic acids is 1. The second-order valence-corrected chi connectivity index (χ2v) is 4.34. The van der Waals surface area contributed by atoms with Gasteiger partial charge in [-0.3, -0.25) is 9.69 Å². The standard InChI is InChI=1S/C13H16ClNO4/c1-2-13(19,12(17)18)15(11(16)8-14)9-10-6-4-3-5-7-10/h3-7,19H,2,8-9H2,1H3,(H,17,18). The summed E-state index contributed by atoms with van der Waals surface area (Å²) in [6.45, 7) is 1.48. The van der Waals surface area contributed by atoms with Gasteiger partial charge in [-0.15, -0.1) is 11.6 Å². The number of hydrogen-bond donors (Lipinski definition) is 2. The molecule has 2 N–H and O–H groups in total. The maximum Gasteiger partial charge on any atom is 0.357 e. The van der Waals surface area contributed by atoms with Crippen molar-refractivity contribution in [3.8, 4) is 0 Å². The number of carbonyl (C=O) groups excluding carboxylic acids is 1. The van der Waals surface area contributed by atoms with Crippen LogP contribution in [0.2, 0.25) is 0 Å². The van der Waals surface area contributed by atoms with Crippen molar-refractivity contribution in [1.29, 1.82) is 0 Å². The minimum absolute atomic E-state index is 0.0109. The predicted molar refractivity (Wildman–Crippen MR) is 70.6 cm³/mol. The molecule has 0 saturated carbocycles. The van der Waals surface area contributed by atoms with E-state index < -0.39 is 17.6 Å². The fraction of sp³-hybridized carbons (Fsp3) is 0.385. The lowest BCUT2D eigenvalue weighted by atomic mass is 10.1. The molecule has 6 heteroatoms. The summed E-state index contributed by atoms with van der Waals surface area (Å²) < 4.78 is 0. The van der Waals surface area contributed by atoms with Gasteiger partial charge < -0.3 is 10.2 Å². The van der Waals surface area contributed by atoms with Gasteiger partial charge in [0.1, 0.15) is 5.88 Å². The van der Waals surface area contributed by atoms with Crippen LogP contribution in [0, 0.1) is 0 Å². The summed E-state index contributed by atoms with van der Waals surface area (Å²) in [5, 5.41) is 19.3. The zero-order chi connectivity index (χ0) is 14.5. The van der Waals surface area contributed by atoms with Gasteiger partial charge >= 0.3 is 5.97 Å². The second-order valence-electron chi connectivity index (χ2n) is 4.07. The van der Waals surface area contributed by atoms with Gasteiger partial charge in [0.15, 0.2) is 0 Å². The topological polar surface area (TPSA) is 77.8 Å². The SMILES string of the molecule is CCC(O)(C(=O)O)N(Cc1ccccc1)C(=O)CCl. The molecule has 0 aliphatic carbocycles. The van der Waals surface area contributed by atoms with Crippen molar-refractivity contribution in [2.24, 2.45) is 0 Å². The van der Waals surface area contributed by atoms with Gasteiger partial charge in [-0.05, 0) is 5.56 Å². The van der Waals surface area contributed by atoms with Gasteiger partial charge in [-0.2, -0.15) is 0 Å². The van der Waals surface area contributed by atoms with Crippen LogP contribution in [0.25, 0.3) is 0 Å². The molecular weight excluding hydrogens is 270 g/mol. The first-order valence-corrected chi connectivity index (χ1v) is 6.35. The Morgan fingerprint density at radius 2 is 1.89 bits per heavy atom. The van der Waals surface area contributed by atoms with Gasteiger partial charge in [0.2, 0.25) is 11.6 Å². The molecule has 19 heavy (non-hydrogen) atoms. The maximum atomic E-state index is 11.8. The van der Waals surface area contributed by atoms with E-state index in [1.165, 1.54) is 6.92 Å². The summed E-state index contributed by atoms with van der Waals surface area (Å²) >= 11 is 5.49. The minimum Gasteiger partial charge on any atom is -0.478 e. The fourth-order valence-electron chi connectivity index (χ4n) is 1.72. The molecule has 0 aliphatic rings. The van der Waals surface area contributed by atoms with Crippen LogP contribution in [0.5, 0.6) is 0 Å². The molecule has 104 valence electrons. The van der Waals surface area contributed by atoms with E-state index in [1.807, 2.05) is 0 Å². The molecular formula is C13H16ClNO4. The van der Waals surface area contributed by atoms with E-state index in [0.29, 0.717) is 5.56 Å². The largest absolute Gasteiger partial charge is 0.478 e. The van der Waals surface area contributed by atoms with Crippen molar-refractivity contribution in [1.82, 2.24) is 4.90 Å². The molecule has 0 spiro atoms. The molecule has 1 aromatic rings. The number of carbonyl (C=O) groups is 2. The van der Waals surface area contributed by atoms with Crippen molar-refractivity contribution < 1.29 is 19.8 Å². The Morgan fingerprint density at radius 3 is 2.32 bits per heavy atom. The molecule has 1 unspecified atom stereocenters. The Hall–Kier alpha value is -1.59. The lowest BCUT2D eigenvalue weighted by Gasteiger charge is -2.35. The smallest absolute Gasteiger partial charge is 0.357 e. The van der Waals surface area contributed by atoms with Crippen LogP contribution in [0.1, 0.15) is 18.9 Å². The molecule has 0 radical (unpaired) electrons. The molecule has 0 aliphatic heterocycles. The number of hydrogen-bond acceptors (Lipinski definition) is 3. The number of nitrogens with zero attached hydrogens (tertiary/aromatic N) is 1. The van der Waals surface area contributed by atoms with Gasteiger partial charge in [0.05, 0.1) is 0 Å². The zero-order valence-corrected chi connectivity index (χ0v) is 11.3. The van der Waals surface area contributed by atoms with Crippen LogP contribution in [0.15, 0.2) is 30.3 Å². The number of alkyl halides is 1. The van der Waals surface area contributed by atoms with Crippen molar-refractivity contribution in [2.45, 2.75) is 25.6 Å². The first-order chi connectivity index (χ1) is 8.95. The Bertz CT molecular complexity index is 451. The van der Waals surface area contributed by atoms with Gasteiger partial charge in [0, 0.05) is 13.0 Å². The van der Waals surface area contributed by atoms with Crippen molar-refractivity contribution in [3.05, 3.63) is 35.9 Å². The van der Waals surface area contributed by atoms with E-state index in [-0.39, 0.29) is 18.8 Å². The third-order valence-electron chi connectivity index (χ3n) is 2.88. The fourth-order valence-corrected chi connectivity index (χ4v) is 1.87. The van der Waals surface area contributed by atoms with Crippen molar-refractivity contribution in [3.63, 3.8) is 0 Å². The number of rotatable bonds is 6. The number of halogens is 1. The van der Waals surface area contributed by atoms with Gasteiger partial charge in [-0.25, -0.2) is 4.79 Å². The summed E-state index contributed by atoms with van der Waals surface area (Å²) in [7, 11) is 0. The Kier molecular flexibility index (Phi) is 5.32. The molecule has 0 fully saturated rings. The molecule has 1 rings (SSSR count). The van der Waals surface area contributed by atoms with Crippen LogP contribution in [0.3, 0.4) is 0 Å². The van der Waals surface area contributed by atoms with Crippen LogP contribution < -0.4 is 0 Å². The lowest BCUT2D eigenvalue weighted by Crippen LogP contribution is -2.56. The summed E-state index contributed by atoms with van der Waals surface area (Å²) in [5.74, 6) is -2.48. The van der Waals surface area contributed by atoms with Crippen LogP contribution >= 0.6 is 11.6 Å². The quantitative estimate of drug-likeness (QED) is 0.612. The Morgan fingerprint density at radius 1 is 1.32 bits per heavy atom. The van der Waals surface area contributed by atoms with E-state index in [0.717, 1.165) is 4.90 Å². The van der Waals surface area contributed by atoms with Crippen LogP contribution in [0.4, 0.5) is 0 Å². The number of carboxylic acids is 1. The molecule has 0 bridgehead atoms. The van der Waals surface area contributed by atoms with E-state index in [4.69, 9.17) is 16.7 Å². The van der Waals surface area contributed by atoms with E-state index in [9.17, 15) is 14.7 Å². The second kappa shape index (κ2) is 6.54. The number of carboxylic acid groups (broad SMARTS) is 1. The van der Waals surface area contributed by atoms with Gasteiger partial charge in [0.25, 0.3) is 0 Å². The molecule has 1 aromatic carbocycles. The van der Waals surface area contributed by atoms with Crippen LogP contribution in [-0.4, -0.2) is 38.6 Å². The highest BCUT2D eigenvalue weighted by molar-refractivity contribution is 6.27. The van der Waals surface area contributed by atoms with Crippen molar-refractivity contribution in [2.75, 3.05) is 5.88 Å². The van der Waals surface area contributed by atoms with Gasteiger partial charge in [-0.1, -0.05) is 37.3 Å². The van der Waals surface area contributed by atoms with E-state index in [2.05, 4.69) is 0 Å². The molecule has 1 atom stereocenters. The van der Waals surface area contributed by atoms with E-state index in [1.54, 1.807) is 30.3 Å². The third kappa shape index (κ3) is 3.45. The summed E-state index contributed by atoms with van der Waals surface area (Å²) in [6.07, 6.45) is -0.127. The third-order valence-corrected chi connectivity index (χ3v) is 3.11. The molecule has 0 aromatic heterocycles.